The fourth-order valence-electron chi connectivity index (χ4n) is 5.04. The number of aromatic nitrogens is 2. The molecule has 2 aliphatic rings. The number of nitrogens with zero attached hydrogens (tertiary/aromatic N) is 3. The van der Waals surface area contributed by atoms with E-state index < -0.39 is 17.2 Å². The molecule has 172 valence electrons. The summed E-state index contributed by atoms with van der Waals surface area (Å²) in [5.74, 6) is 0.0554. The van der Waals surface area contributed by atoms with Crippen molar-refractivity contribution in [3.8, 4) is 0 Å². The third-order valence-electron chi connectivity index (χ3n) is 7.19. The second kappa shape index (κ2) is 9.28. The predicted octanol–water partition coefficient (Wildman–Crippen LogP) is 1.55. The van der Waals surface area contributed by atoms with E-state index in [4.69, 9.17) is 5.73 Å². The van der Waals surface area contributed by atoms with Gasteiger partial charge in [-0.3, -0.25) is 23.9 Å². The van der Waals surface area contributed by atoms with Crippen molar-refractivity contribution in [2.24, 2.45) is 17.8 Å². The Morgan fingerprint density at radius 2 is 1.94 bits per heavy atom. The summed E-state index contributed by atoms with van der Waals surface area (Å²) < 4.78 is 1.29. The number of carbonyl (C=O) groups is 2. The maximum atomic E-state index is 13.2. The summed E-state index contributed by atoms with van der Waals surface area (Å²) in [7, 11) is 1.48. The van der Waals surface area contributed by atoms with Gasteiger partial charge in [0.15, 0.2) is 5.69 Å². The number of hydrogen-bond acceptors (Lipinski definition) is 5. The number of aromatic amines is 1. The number of unbranched alkanes of at least 4 members (excludes halogenated alkanes) is 1. The van der Waals surface area contributed by atoms with Crippen molar-refractivity contribution in [1.82, 2.24) is 14.5 Å². The highest BCUT2D eigenvalue weighted by atomic mass is 16.2. The van der Waals surface area contributed by atoms with E-state index in [0.717, 1.165) is 25.7 Å². The van der Waals surface area contributed by atoms with Crippen LogP contribution in [0.2, 0.25) is 0 Å². The molecule has 9 heteroatoms. The minimum Gasteiger partial charge on any atom is -0.383 e. The minimum absolute atomic E-state index is 0.00695. The number of nitrogens with one attached hydrogen (secondary N) is 1. The molecule has 2 amide bonds. The van der Waals surface area contributed by atoms with Crippen molar-refractivity contribution in [2.75, 3.05) is 24.2 Å². The maximum Gasteiger partial charge on any atom is 0.330 e. The molecule has 4 unspecified atom stereocenters. The monoisotopic (exact) mass is 433 g/mol. The van der Waals surface area contributed by atoms with Crippen LogP contribution in [-0.2, 0) is 16.1 Å². The molecular weight excluding hydrogens is 398 g/mol. The van der Waals surface area contributed by atoms with Gasteiger partial charge in [0, 0.05) is 32.6 Å². The number of hydrogen-bond donors (Lipinski definition) is 2. The quantitative estimate of drug-likeness (QED) is 0.705. The summed E-state index contributed by atoms with van der Waals surface area (Å²) in [5.41, 5.74) is 4.83. The van der Waals surface area contributed by atoms with Crippen LogP contribution >= 0.6 is 0 Å². The maximum absolute atomic E-state index is 13.2. The van der Waals surface area contributed by atoms with Crippen LogP contribution in [0.4, 0.5) is 11.5 Å². The zero-order chi connectivity index (χ0) is 22.9. The van der Waals surface area contributed by atoms with E-state index in [-0.39, 0.29) is 35.8 Å². The van der Waals surface area contributed by atoms with Crippen LogP contribution in [0, 0.1) is 17.8 Å². The van der Waals surface area contributed by atoms with E-state index in [1.165, 1.54) is 22.9 Å². The number of H-pyrrole nitrogens is 1. The van der Waals surface area contributed by atoms with Gasteiger partial charge in [-0.05, 0) is 24.7 Å². The van der Waals surface area contributed by atoms with Crippen LogP contribution in [0.1, 0.15) is 59.3 Å². The fourth-order valence-corrected chi connectivity index (χ4v) is 5.04. The molecule has 1 aliphatic carbocycles. The molecule has 2 fully saturated rings. The largest absolute Gasteiger partial charge is 0.383 e. The molecule has 9 nitrogen and oxygen atoms in total. The smallest absolute Gasteiger partial charge is 0.330 e. The molecule has 0 bridgehead atoms. The molecule has 0 spiro atoms. The summed E-state index contributed by atoms with van der Waals surface area (Å²) in [6.07, 6.45) is 4.92. The highest BCUT2D eigenvalue weighted by Gasteiger charge is 2.42. The molecule has 1 aromatic rings. The number of nitrogens with two attached hydrogens (primary N) is 1. The topological polar surface area (TPSA) is 121 Å². The Kier molecular flexibility index (Phi) is 6.91. The zero-order valence-corrected chi connectivity index (χ0v) is 19.0. The van der Waals surface area contributed by atoms with Crippen LogP contribution in [-0.4, -0.2) is 45.9 Å². The summed E-state index contributed by atoms with van der Waals surface area (Å²) in [6.45, 7) is 7.11. The van der Waals surface area contributed by atoms with Crippen LogP contribution in [0.3, 0.4) is 0 Å². The SMILES string of the molecule is CCCCn1c(N)c(N(C)C(=O)C2CC(=O)N(C3CCCC(C)C3C)C2)c(=O)[nH]c1=O. The van der Waals surface area contributed by atoms with Crippen molar-refractivity contribution in [3.63, 3.8) is 0 Å². The summed E-state index contributed by atoms with van der Waals surface area (Å²) in [4.78, 5) is 56.0. The molecule has 2 heterocycles. The average Bonchev–Trinajstić information content (AvgIpc) is 3.10. The first kappa shape index (κ1) is 23.1. The molecule has 0 radical (unpaired) electrons. The van der Waals surface area contributed by atoms with Gasteiger partial charge in [-0.25, -0.2) is 4.79 Å². The van der Waals surface area contributed by atoms with Crippen LogP contribution < -0.4 is 21.9 Å². The molecule has 3 rings (SSSR count). The highest BCUT2D eigenvalue weighted by molar-refractivity contribution is 6.00. The summed E-state index contributed by atoms with van der Waals surface area (Å²) in [6, 6.07) is 0.156. The number of nitrogen functional groups attached to an aromatic ring is 1. The lowest BCUT2D eigenvalue weighted by Gasteiger charge is -2.40. The number of rotatable bonds is 6. The standard InChI is InChI=1S/C22H35N5O4/c1-5-6-10-26-19(23)18(20(29)24-22(26)31)25(4)21(30)15-11-17(28)27(12-15)16-9-7-8-13(2)14(16)3/h13-16H,5-12,23H2,1-4H3,(H,24,29,31). The van der Waals surface area contributed by atoms with Gasteiger partial charge < -0.3 is 15.5 Å². The average molecular weight is 434 g/mol. The Bertz CT molecular complexity index is 952. The lowest BCUT2D eigenvalue weighted by Crippen LogP contribution is -2.46. The Labute approximate surface area is 182 Å². The van der Waals surface area contributed by atoms with Crippen LogP contribution in [0.25, 0.3) is 0 Å². The van der Waals surface area contributed by atoms with Gasteiger partial charge in [0.2, 0.25) is 11.8 Å². The third kappa shape index (κ3) is 4.41. The second-order valence-corrected chi connectivity index (χ2v) is 9.18. The van der Waals surface area contributed by atoms with Gasteiger partial charge in [-0.2, -0.15) is 0 Å². The van der Waals surface area contributed by atoms with Gasteiger partial charge in [0.05, 0.1) is 5.92 Å². The van der Waals surface area contributed by atoms with Crippen molar-refractivity contribution in [3.05, 3.63) is 20.8 Å². The first-order valence-electron chi connectivity index (χ1n) is 11.4. The number of amides is 2. The molecule has 0 aromatic carbocycles. The summed E-state index contributed by atoms with van der Waals surface area (Å²) >= 11 is 0. The first-order valence-corrected chi connectivity index (χ1v) is 11.4. The Balaban J connectivity index is 1.82. The molecule has 1 saturated carbocycles. The number of anilines is 2. The molecule has 31 heavy (non-hydrogen) atoms. The van der Waals surface area contributed by atoms with Gasteiger partial charge in [0.25, 0.3) is 5.56 Å². The van der Waals surface area contributed by atoms with Gasteiger partial charge in [0.1, 0.15) is 5.82 Å². The van der Waals surface area contributed by atoms with Gasteiger partial charge in [-0.15, -0.1) is 0 Å². The molecule has 1 saturated heterocycles. The fraction of sp³-hybridized carbons (Fsp3) is 0.727. The van der Waals surface area contributed by atoms with Gasteiger partial charge in [-0.1, -0.05) is 40.0 Å². The lowest BCUT2D eigenvalue weighted by molar-refractivity contribution is -0.132. The molecule has 3 N–H and O–H groups in total. The number of carbonyl (C=O) groups excluding carboxylic acids is 2. The summed E-state index contributed by atoms with van der Waals surface area (Å²) in [5, 5.41) is 0. The molecule has 1 aromatic heterocycles. The van der Waals surface area contributed by atoms with Crippen molar-refractivity contribution in [1.29, 1.82) is 0 Å². The minimum atomic E-state index is -0.693. The lowest BCUT2D eigenvalue weighted by atomic mass is 9.77. The normalized spacial score (nSPS) is 26.3. The van der Waals surface area contributed by atoms with E-state index in [2.05, 4.69) is 18.8 Å². The predicted molar refractivity (Wildman–Crippen MR) is 120 cm³/mol. The first-order chi connectivity index (χ1) is 14.7. The van der Waals surface area contributed by atoms with Crippen LogP contribution in [0.5, 0.6) is 0 Å². The van der Waals surface area contributed by atoms with E-state index in [1.54, 1.807) is 0 Å². The van der Waals surface area contributed by atoms with Gasteiger partial charge >= 0.3 is 5.69 Å². The Hall–Kier alpha value is -2.58. The second-order valence-electron chi connectivity index (χ2n) is 9.18. The Morgan fingerprint density at radius 1 is 1.23 bits per heavy atom. The van der Waals surface area contributed by atoms with E-state index in [0.29, 0.717) is 24.9 Å². The van der Waals surface area contributed by atoms with E-state index in [9.17, 15) is 19.2 Å². The Morgan fingerprint density at radius 3 is 2.61 bits per heavy atom. The van der Waals surface area contributed by atoms with E-state index >= 15 is 0 Å². The molecule has 4 atom stereocenters. The molecular formula is C22H35N5O4. The van der Waals surface area contributed by atoms with E-state index in [1.807, 2.05) is 11.8 Å². The number of likely N-dealkylation sites (tertiary alicyclic amines) is 1. The van der Waals surface area contributed by atoms with Crippen molar-refractivity contribution in [2.45, 2.75) is 71.9 Å². The van der Waals surface area contributed by atoms with Crippen LogP contribution in [0.15, 0.2) is 9.59 Å². The molecule has 1 aliphatic heterocycles. The van der Waals surface area contributed by atoms with Crippen molar-refractivity contribution >= 4 is 23.3 Å². The third-order valence-corrected chi connectivity index (χ3v) is 7.19. The highest BCUT2D eigenvalue weighted by Crippen LogP contribution is 2.36. The van der Waals surface area contributed by atoms with Crippen molar-refractivity contribution < 1.29 is 9.59 Å². The zero-order valence-electron chi connectivity index (χ0n) is 19.0.